The van der Waals surface area contributed by atoms with Crippen LogP contribution in [0.4, 0.5) is 5.69 Å². The van der Waals surface area contributed by atoms with E-state index in [1.165, 1.54) is 0 Å². The third-order valence-electron chi connectivity index (χ3n) is 1.46. The van der Waals surface area contributed by atoms with E-state index in [0.717, 1.165) is 21.9 Å². The van der Waals surface area contributed by atoms with Gasteiger partial charge in [0.15, 0.2) is 0 Å². The number of halogens is 1. The average Bonchev–Trinajstić information content (AvgIpc) is 2.03. The lowest BCUT2D eigenvalue weighted by Crippen LogP contribution is -1.90. The molecule has 0 heterocycles. The Balaban J connectivity index is 2.81. The van der Waals surface area contributed by atoms with Crippen molar-refractivity contribution in [2.24, 2.45) is 0 Å². The summed E-state index contributed by atoms with van der Waals surface area (Å²) in [5, 5.41) is 0.714. The molecule has 0 saturated heterocycles. The Morgan fingerprint density at radius 3 is 2.85 bits per heavy atom. The van der Waals surface area contributed by atoms with Crippen molar-refractivity contribution in [1.29, 1.82) is 0 Å². The van der Waals surface area contributed by atoms with E-state index in [1.807, 2.05) is 25.1 Å². The molecule has 1 aromatic carbocycles. The predicted molar refractivity (Wildman–Crippen MR) is 61.4 cm³/mol. The van der Waals surface area contributed by atoms with Gasteiger partial charge in [0.25, 0.3) is 0 Å². The number of hydrogen-bond donors (Lipinski definition) is 1. The molecule has 0 aliphatic heterocycles. The Hall–Kier alpha value is -0.600. The highest BCUT2D eigenvalue weighted by molar-refractivity contribution is 7.99. The summed E-state index contributed by atoms with van der Waals surface area (Å²) in [6.07, 6.45) is 0. The first-order valence-corrected chi connectivity index (χ1v) is 5.29. The van der Waals surface area contributed by atoms with E-state index < -0.39 is 0 Å². The first-order chi connectivity index (χ1) is 6.11. The van der Waals surface area contributed by atoms with Crippen LogP contribution in [-0.2, 0) is 0 Å². The van der Waals surface area contributed by atoms with Crippen LogP contribution in [0.3, 0.4) is 0 Å². The van der Waals surface area contributed by atoms with Gasteiger partial charge in [-0.2, -0.15) is 0 Å². The number of benzene rings is 1. The molecule has 1 rings (SSSR count). The number of rotatable bonds is 3. The van der Waals surface area contributed by atoms with Crippen LogP contribution in [-0.4, -0.2) is 5.75 Å². The van der Waals surface area contributed by atoms with Gasteiger partial charge in [0.05, 0.1) is 5.02 Å². The lowest BCUT2D eigenvalue weighted by atomic mass is 10.3. The molecule has 13 heavy (non-hydrogen) atoms. The summed E-state index contributed by atoms with van der Waals surface area (Å²) in [4.78, 5) is 0.951. The van der Waals surface area contributed by atoms with Crippen LogP contribution in [0.25, 0.3) is 0 Å². The summed E-state index contributed by atoms with van der Waals surface area (Å²) in [6.45, 7) is 5.81. The first kappa shape index (κ1) is 10.5. The van der Waals surface area contributed by atoms with E-state index in [9.17, 15) is 0 Å². The van der Waals surface area contributed by atoms with Crippen molar-refractivity contribution in [3.8, 4) is 0 Å². The Bertz CT molecular complexity index is 302. The van der Waals surface area contributed by atoms with Crippen molar-refractivity contribution in [2.45, 2.75) is 11.8 Å². The lowest BCUT2D eigenvalue weighted by Gasteiger charge is -2.06. The monoisotopic (exact) mass is 213 g/mol. The maximum absolute atomic E-state index is 5.98. The summed E-state index contributed by atoms with van der Waals surface area (Å²) < 4.78 is 0. The van der Waals surface area contributed by atoms with Crippen molar-refractivity contribution in [3.05, 3.63) is 35.4 Å². The van der Waals surface area contributed by atoms with Gasteiger partial charge in [-0.25, -0.2) is 0 Å². The second kappa shape index (κ2) is 4.58. The fourth-order valence-electron chi connectivity index (χ4n) is 0.873. The summed E-state index contributed by atoms with van der Waals surface area (Å²) in [5.41, 5.74) is 7.62. The maximum atomic E-state index is 5.98. The van der Waals surface area contributed by atoms with Crippen molar-refractivity contribution < 1.29 is 0 Å². The molecule has 1 aromatic rings. The van der Waals surface area contributed by atoms with Crippen LogP contribution in [0.2, 0.25) is 5.02 Å². The van der Waals surface area contributed by atoms with Crippen LogP contribution < -0.4 is 5.73 Å². The van der Waals surface area contributed by atoms with Gasteiger partial charge in [0.1, 0.15) is 0 Å². The molecular formula is C10H12ClNS. The van der Waals surface area contributed by atoms with Gasteiger partial charge in [0.2, 0.25) is 0 Å². The lowest BCUT2D eigenvalue weighted by molar-refractivity contribution is 1.40. The summed E-state index contributed by atoms with van der Waals surface area (Å²) >= 11 is 7.61. The molecule has 0 radical (unpaired) electrons. The number of hydrogen-bond acceptors (Lipinski definition) is 2. The maximum Gasteiger partial charge on any atom is 0.0562 e. The van der Waals surface area contributed by atoms with Gasteiger partial charge < -0.3 is 5.73 Å². The van der Waals surface area contributed by atoms with Gasteiger partial charge in [-0.1, -0.05) is 29.8 Å². The van der Waals surface area contributed by atoms with Gasteiger partial charge in [-0.15, -0.1) is 11.8 Å². The van der Waals surface area contributed by atoms with E-state index in [-0.39, 0.29) is 0 Å². The van der Waals surface area contributed by atoms with Crippen LogP contribution in [0.15, 0.2) is 35.2 Å². The fourth-order valence-corrected chi connectivity index (χ4v) is 2.05. The molecule has 0 spiro atoms. The van der Waals surface area contributed by atoms with Crippen LogP contribution >= 0.6 is 23.4 Å². The quantitative estimate of drug-likeness (QED) is 0.472. The second-order valence-electron chi connectivity index (χ2n) is 2.90. The zero-order valence-electron chi connectivity index (χ0n) is 7.51. The molecule has 0 aliphatic rings. The Morgan fingerprint density at radius 2 is 2.31 bits per heavy atom. The molecule has 3 heteroatoms. The third-order valence-corrected chi connectivity index (χ3v) is 3.27. The predicted octanol–water partition coefficient (Wildman–Crippen LogP) is 3.59. The summed E-state index contributed by atoms with van der Waals surface area (Å²) in [7, 11) is 0. The molecule has 0 bridgehead atoms. The molecule has 70 valence electrons. The minimum absolute atomic E-state index is 0.714. The third kappa shape index (κ3) is 2.98. The number of anilines is 1. The topological polar surface area (TPSA) is 26.0 Å². The highest BCUT2D eigenvalue weighted by atomic mass is 35.5. The summed E-state index contributed by atoms with van der Waals surface area (Å²) in [6, 6.07) is 5.55. The van der Waals surface area contributed by atoms with Gasteiger partial charge in [0, 0.05) is 16.3 Å². The number of nitrogens with two attached hydrogens (primary N) is 1. The van der Waals surface area contributed by atoms with Crippen molar-refractivity contribution >= 4 is 29.1 Å². The van der Waals surface area contributed by atoms with E-state index in [1.54, 1.807) is 11.8 Å². The van der Waals surface area contributed by atoms with E-state index in [0.29, 0.717) is 5.02 Å². The normalized spacial score (nSPS) is 10.0. The van der Waals surface area contributed by atoms with Crippen molar-refractivity contribution in [1.82, 2.24) is 0 Å². The van der Waals surface area contributed by atoms with Crippen LogP contribution in [0.1, 0.15) is 6.92 Å². The van der Waals surface area contributed by atoms with Crippen molar-refractivity contribution in [3.63, 3.8) is 0 Å². The largest absolute Gasteiger partial charge is 0.398 e. The minimum Gasteiger partial charge on any atom is -0.398 e. The van der Waals surface area contributed by atoms with Gasteiger partial charge >= 0.3 is 0 Å². The van der Waals surface area contributed by atoms with Crippen molar-refractivity contribution in [2.75, 3.05) is 11.5 Å². The Labute approximate surface area is 88.0 Å². The molecule has 0 unspecified atom stereocenters. The average molecular weight is 214 g/mol. The molecule has 0 fully saturated rings. The first-order valence-electron chi connectivity index (χ1n) is 3.92. The standard InChI is InChI=1S/C10H12ClNS/c1-7(2)6-13-10-8(11)4-3-5-9(10)12/h3-5H,1,6,12H2,2H3. The second-order valence-corrected chi connectivity index (χ2v) is 4.30. The highest BCUT2D eigenvalue weighted by Crippen LogP contribution is 2.32. The Morgan fingerprint density at radius 1 is 1.62 bits per heavy atom. The molecular weight excluding hydrogens is 202 g/mol. The minimum atomic E-state index is 0.714. The molecule has 0 atom stereocenters. The number of nitrogen functional groups attached to an aromatic ring is 1. The molecule has 2 N–H and O–H groups in total. The molecule has 0 aromatic heterocycles. The zero-order valence-corrected chi connectivity index (χ0v) is 9.08. The molecule has 0 amide bonds. The van der Waals surface area contributed by atoms with Crippen LogP contribution in [0.5, 0.6) is 0 Å². The molecule has 1 nitrogen and oxygen atoms in total. The number of thioether (sulfide) groups is 1. The Kier molecular flexibility index (Phi) is 3.70. The molecule has 0 saturated carbocycles. The fraction of sp³-hybridized carbons (Fsp3) is 0.200. The van der Waals surface area contributed by atoms with E-state index in [2.05, 4.69) is 6.58 Å². The van der Waals surface area contributed by atoms with Gasteiger partial charge in [-0.05, 0) is 19.1 Å². The molecule has 0 aliphatic carbocycles. The summed E-state index contributed by atoms with van der Waals surface area (Å²) in [5.74, 6) is 0.855. The zero-order chi connectivity index (χ0) is 9.84. The van der Waals surface area contributed by atoms with E-state index in [4.69, 9.17) is 17.3 Å². The highest BCUT2D eigenvalue weighted by Gasteiger charge is 2.04. The van der Waals surface area contributed by atoms with E-state index >= 15 is 0 Å². The van der Waals surface area contributed by atoms with Crippen LogP contribution in [0, 0.1) is 0 Å². The smallest absolute Gasteiger partial charge is 0.0562 e. The SMILES string of the molecule is C=C(C)CSc1c(N)cccc1Cl. The van der Waals surface area contributed by atoms with Gasteiger partial charge in [-0.3, -0.25) is 0 Å².